The number of ether oxygens (including phenoxy) is 1. The van der Waals surface area contributed by atoms with Gasteiger partial charge in [-0.2, -0.15) is 0 Å². The molecule has 1 heterocycles. The van der Waals surface area contributed by atoms with E-state index in [2.05, 4.69) is 10.3 Å². The van der Waals surface area contributed by atoms with Crippen molar-refractivity contribution in [3.63, 3.8) is 0 Å². The monoisotopic (exact) mass is 372 g/mol. The average molecular weight is 373 g/mol. The lowest BCUT2D eigenvalue weighted by atomic mass is 10.1. The van der Waals surface area contributed by atoms with E-state index < -0.39 is 23.7 Å². The lowest BCUT2D eigenvalue weighted by Gasteiger charge is -2.15. The van der Waals surface area contributed by atoms with Gasteiger partial charge in [-0.15, -0.1) is 11.3 Å². The molecule has 1 atom stereocenters. The van der Waals surface area contributed by atoms with Crippen molar-refractivity contribution in [3.05, 3.63) is 50.2 Å². The van der Waals surface area contributed by atoms with E-state index in [9.17, 15) is 19.1 Å². The highest BCUT2D eigenvalue weighted by molar-refractivity contribution is 7.13. The summed E-state index contributed by atoms with van der Waals surface area (Å²) in [6.07, 6.45) is 0. The second-order valence-corrected chi connectivity index (χ2v) is 6.36. The summed E-state index contributed by atoms with van der Waals surface area (Å²) in [5, 5.41) is 12.2. The van der Waals surface area contributed by atoms with Gasteiger partial charge in [-0.1, -0.05) is 17.7 Å². The van der Waals surface area contributed by atoms with Crippen LogP contribution in [-0.2, 0) is 16.1 Å². The Balaban J connectivity index is 2.25. The number of halogens is 2. The first-order valence-electron chi connectivity index (χ1n) is 6.77. The molecule has 0 aliphatic heterocycles. The number of hydrogen-bond donors (Lipinski definition) is 2. The third kappa shape index (κ3) is 4.08. The molecule has 6 nitrogen and oxygen atoms in total. The highest BCUT2D eigenvalue weighted by atomic mass is 35.5. The van der Waals surface area contributed by atoms with Crippen molar-refractivity contribution in [1.29, 1.82) is 0 Å². The molecule has 2 aromatic rings. The smallest absolute Gasteiger partial charge is 0.330 e. The first-order chi connectivity index (χ1) is 11.3. The number of nitrogens with one attached hydrogen (secondary N) is 1. The molecular weight excluding hydrogens is 359 g/mol. The molecule has 0 aliphatic rings. The summed E-state index contributed by atoms with van der Waals surface area (Å²) >= 11 is 6.70. The van der Waals surface area contributed by atoms with Gasteiger partial charge >= 0.3 is 5.97 Å². The van der Waals surface area contributed by atoms with Crippen LogP contribution in [-0.4, -0.2) is 29.1 Å². The molecule has 1 unspecified atom stereocenters. The van der Waals surface area contributed by atoms with Crippen LogP contribution >= 0.6 is 22.9 Å². The van der Waals surface area contributed by atoms with E-state index in [1.54, 1.807) is 6.92 Å². The fraction of sp³-hybridized carbons (Fsp3) is 0.267. The lowest BCUT2D eigenvalue weighted by Crippen LogP contribution is -2.33. The van der Waals surface area contributed by atoms with Gasteiger partial charge in [0, 0.05) is 7.11 Å². The van der Waals surface area contributed by atoms with E-state index in [1.807, 2.05) is 0 Å². The summed E-state index contributed by atoms with van der Waals surface area (Å²) < 4.78 is 18.5. The van der Waals surface area contributed by atoms with E-state index in [0.29, 0.717) is 10.7 Å². The highest BCUT2D eigenvalue weighted by Gasteiger charge is 2.25. The molecule has 9 heteroatoms. The Labute approximate surface area is 146 Å². The zero-order valence-corrected chi connectivity index (χ0v) is 14.4. The molecular formula is C15H14ClFN2O4S. The van der Waals surface area contributed by atoms with Gasteiger partial charge in [-0.25, -0.2) is 14.2 Å². The Morgan fingerprint density at radius 1 is 1.50 bits per heavy atom. The Morgan fingerprint density at radius 3 is 2.79 bits per heavy atom. The molecule has 0 saturated carbocycles. The number of aromatic nitrogens is 1. The summed E-state index contributed by atoms with van der Waals surface area (Å²) in [4.78, 5) is 28.3. The number of carboxylic acid groups (broad SMARTS) is 1. The molecule has 2 N–H and O–H groups in total. The molecule has 1 amide bonds. The minimum atomic E-state index is -1.41. The van der Waals surface area contributed by atoms with Crippen LogP contribution in [0.15, 0.2) is 18.2 Å². The summed E-state index contributed by atoms with van der Waals surface area (Å²) in [5.41, 5.74) is 0.549. The summed E-state index contributed by atoms with van der Waals surface area (Å²) in [5.74, 6) is -2.68. The van der Waals surface area contributed by atoms with Gasteiger partial charge in [0.1, 0.15) is 15.7 Å². The zero-order chi connectivity index (χ0) is 17.9. The van der Waals surface area contributed by atoms with Crippen LogP contribution in [0, 0.1) is 12.7 Å². The van der Waals surface area contributed by atoms with Crippen LogP contribution in [0.1, 0.15) is 32.0 Å². The number of methoxy groups -OCH3 is 1. The Bertz CT molecular complexity index is 781. The normalized spacial score (nSPS) is 12.0. The van der Waals surface area contributed by atoms with Crippen LogP contribution in [0.3, 0.4) is 0 Å². The maximum atomic E-state index is 13.6. The van der Waals surface area contributed by atoms with Crippen molar-refractivity contribution < 1.29 is 23.8 Å². The van der Waals surface area contributed by atoms with Crippen molar-refractivity contribution in [2.24, 2.45) is 0 Å². The largest absolute Gasteiger partial charge is 0.479 e. The van der Waals surface area contributed by atoms with E-state index in [0.717, 1.165) is 17.4 Å². The molecule has 1 aromatic heterocycles. The average Bonchev–Trinajstić information content (AvgIpc) is 2.88. The molecule has 128 valence electrons. The van der Waals surface area contributed by atoms with Crippen LogP contribution in [0.4, 0.5) is 4.39 Å². The van der Waals surface area contributed by atoms with E-state index in [-0.39, 0.29) is 22.1 Å². The van der Waals surface area contributed by atoms with Crippen molar-refractivity contribution in [2.75, 3.05) is 7.11 Å². The zero-order valence-electron chi connectivity index (χ0n) is 12.8. The third-order valence-corrected chi connectivity index (χ3v) is 4.55. The number of hydrogen-bond acceptors (Lipinski definition) is 5. The number of nitrogens with zero attached hydrogens (tertiary/aromatic N) is 1. The van der Waals surface area contributed by atoms with Gasteiger partial charge in [0.15, 0.2) is 6.04 Å². The third-order valence-electron chi connectivity index (χ3n) is 3.11. The molecule has 0 bridgehead atoms. The number of amides is 1. The predicted octanol–water partition coefficient (Wildman–Crippen LogP) is 2.95. The Kier molecular flexibility index (Phi) is 5.87. The van der Waals surface area contributed by atoms with Gasteiger partial charge in [0.2, 0.25) is 0 Å². The van der Waals surface area contributed by atoms with Crippen molar-refractivity contribution in [2.45, 2.75) is 19.6 Å². The molecule has 0 aliphatic carbocycles. The molecule has 0 fully saturated rings. The van der Waals surface area contributed by atoms with Gasteiger partial charge in [-0.05, 0) is 24.6 Å². The molecule has 0 spiro atoms. The van der Waals surface area contributed by atoms with Gasteiger partial charge in [0.25, 0.3) is 5.91 Å². The van der Waals surface area contributed by atoms with Crippen molar-refractivity contribution >= 4 is 34.8 Å². The van der Waals surface area contributed by atoms with E-state index >= 15 is 0 Å². The van der Waals surface area contributed by atoms with Crippen LogP contribution < -0.4 is 5.32 Å². The fourth-order valence-corrected chi connectivity index (χ4v) is 3.08. The number of carbonyl (C=O) groups excluding carboxylic acids is 1. The second kappa shape index (κ2) is 7.69. The molecule has 24 heavy (non-hydrogen) atoms. The topological polar surface area (TPSA) is 88.5 Å². The van der Waals surface area contributed by atoms with E-state index in [1.165, 1.54) is 19.2 Å². The van der Waals surface area contributed by atoms with Gasteiger partial charge in [-0.3, -0.25) is 4.79 Å². The minimum Gasteiger partial charge on any atom is -0.479 e. The Hall–Kier alpha value is -2.03. The number of aliphatic carboxylic acids is 1. The fourth-order valence-electron chi connectivity index (χ4n) is 2.02. The minimum absolute atomic E-state index is 0.0806. The number of aryl methyl sites for hydroxylation is 1. The molecule has 0 saturated heterocycles. The standard InChI is InChI=1S/C15H14ClFN2O4S/c1-7-13(24-11(18-7)6-23-2)14(20)19-12(15(21)22)8-3-4-9(16)10(17)5-8/h3-5,12H,6H2,1-2H3,(H,19,20)(H,21,22). The summed E-state index contributed by atoms with van der Waals surface area (Å²) in [6.45, 7) is 1.89. The van der Waals surface area contributed by atoms with Crippen molar-refractivity contribution in [1.82, 2.24) is 10.3 Å². The number of carboxylic acids is 1. The van der Waals surface area contributed by atoms with Gasteiger partial charge < -0.3 is 15.2 Å². The Morgan fingerprint density at radius 2 is 2.21 bits per heavy atom. The summed E-state index contributed by atoms with van der Waals surface area (Å²) in [7, 11) is 1.51. The second-order valence-electron chi connectivity index (χ2n) is 4.87. The predicted molar refractivity (Wildman–Crippen MR) is 86.8 cm³/mol. The first kappa shape index (κ1) is 18.3. The van der Waals surface area contributed by atoms with Crippen LogP contribution in [0.2, 0.25) is 5.02 Å². The maximum Gasteiger partial charge on any atom is 0.330 e. The quantitative estimate of drug-likeness (QED) is 0.813. The molecule has 2 rings (SSSR count). The summed E-state index contributed by atoms with van der Waals surface area (Å²) in [6, 6.07) is 2.16. The SMILES string of the molecule is COCc1nc(C)c(C(=O)NC(C(=O)O)c2ccc(Cl)c(F)c2)s1. The van der Waals surface area contributed by atoms with E-state index in [4.69, 9.17) is 16.3 Å². The number of thiazole rings is 1. The van der Waals surface area contributed by atoms with Gasteiger partial charge in [0.05, 0.1) is 17.3 Å². The molecule has 0 radical (unpaired) electrons. The van der Waals surface area contributed by atoms with Crippen molar-refractivity contribution in [3.8, 4) is 0 Å². The highest BCUT2D eigenvalue weighted by Crippen LogP contribution is 2.23. The molecule has 1 aromatic carbocycles. The first-order valence-corrected chi connectivity index (χ1v) is 7.96. The number of benzene rings is 1. The number of rotatable bonds is 6. The maximum absolute atomic E-state index is 13.6. The number of carbonyl (C=O) groups is 2. The van der Waals surface area contributed by atoms with Crippen LogP contribution in [0.5, 0.6) is 0 Å². The lowest BCUT2D eigenvalue weighted by molar-refractivity contribution is -0.139. The van der Waals surface area contributed by atoms with Crippen LogP contribution in [0.25, 0.3) is 0 Å².